The van der Waals surface area contributed by atoms with E-state index in [-0.39, 0.29) is 23.5 Å². The number of carbonyl (C=O) groups is 1. The lowest BCUT2D eigenvalue weighted by atomic mass is 9.91. The van der Waals surface area contributed by atoms with Crippen LogP contribution in [0.25, 0.3) is 0 Å². The lowest BCUT2D eigenvalue weighted by Gasteiger charge is -2.35. The van der Waals surface area contributed by atoms with Crippen molar-refractivity contribution in [1.82, 2.24) is 0 Å². The van der Waals surface area contributed by atoms with Gasteiger partial charge < -0.3 is 10.2 Å². The minimum absolute atomic E-state index is 0.105. The van der Waals surface area contributed by atoms with Crippen molar-refractivity contribution < 1.29 is 14.1 Å². The standard InChI is InChI=1S/C16H23FN2O/c1-11-8-12(2)10-19(9-11)13(3)16(20)18-15-7-5-4-6-14(15)17/h4-7,11-13H,8-10H2,1-3H3,(H,18,20)/p+1/t11-,12-,13+/m1/s1. The Morgan fingerprint density at radius 1 is 1.30 bits per heavy atom. The SMILES string of the molecule is C[C@@H]1C[C@@H](C)C[NH+]([C@@H](C)C(=O)Nc2ccccc2F)C1. The summed E-state index contributed by atoms with van der Waals surface area (Å²) in [6.07, 6.45) is 1.23. The molecule has 0 aromatic heterocycles. The third kappa shape index (κ3) is 3.57. The topological polar surface area (TPSA) is 33.5 Å². The average molecular weight is 279 g/mol. The predicted molar refractivity (Wildman–Crippen MR) is 78.1 cm³/mol. The van der Waals surface area contributed by atoms with Crippen LogP contribution in [0, 0.1) is 17.7 Å². The van der Waals surface area contributed by atoms with Crippen LogP contribution in [-0.2, 0) is 4.79 Å². The van der Waals surface area contributed by atoms with Crippen LogP contribution in [0.15, 0.2) is 24.3 Å². The lowest BCUT2D eigenvalue weighted by Crippen LogP contribution is -3.18. The van der Waals surface area contributed by atoms with E-state index < -0.39 is 0 Å². The molecular formula is C16H24FN2O+. The van der Waals surface area contributed by atoms with Crippen molar-refractivity contribution in [3.8, 4) is 0 Å². The molecule has 110 valence electrons. The fourth-order valence-electron chi connectivity index (χ4n) is 3.17. The molecule has 1 aromatic rings. The lowest BCUT2D eigenvalue weighted by molar-refractivity contribution is -0.925. The van der Waals surface area contributed by atoms with Gasteiger partial charge in [-0.3, -0.25) is 4.79 Å². The second-order valence-electron chi connectivity index (χ2n) is 6.20. The summed E-state index contributed by atoms with van der Waals surface area (Å²) in [5.74, 6) is 0.782. The minimum atomic E-state index is -0.386. The first-order valence-electron chi connectivity index (χ1n) is 7.37. The first kappa shape index (κ1) is 15.0. The molecule has 1 saturated heterocycles. The van der Waals surface area contributed by atoms with Crippen molar-refractivity contribution in [2.24, 2.45) is 11.8 Å². The Morgan fingerprint density at radius 2 is 1.90 bits per heavy atom. The molecule has 2 N–H and O–H groups in total. The zero-order valence-corrected chi connectivity index (χ0v) is 12.4. The number of halogens is 1. The molecule has 3 atom stereocenters. The molecule has 4 heteroatoms. The van der Waals surface area contributed by atoms with Crippen molar-refractivity contribution in [2.75, 3.05) is 18.4 Å². The van der Waals surface area contributed by atoms with Crippen LogP contribution < -0.4 is 10.2 Å². The fourth-order valence-corrected chi connectivity index (χ4v) is 3.17. The van der Waals surface area contributed by atoms with E-state index >= 15 is 0 Å². The molecular weight excluding hydrogens is 255 g/mol. The smallest absolute Gasteiger partial charge is 0.282 e. The Kier molecular flexibility index (Phi) is 4.76. The van der Waals surface area contributed by atoms with Gasteiger partial charge in [-0.2, -0.15) is 0 Å². The molecule has 2 rings (SSSR count). The van der Waals surface area contributed by atoms with Gasteiger partial charge in [0.2, 0.25) is 0 Å². The largest absolute Gasteiger partial charge is 0.324 e. The minimum Gasteiger partial charge on any atom is -0.324 e. The summed E-state index contributed by atoms with van der Waals surface area (Å²) < 4.78 is 13.6. The first-order valence-corrected chi connectivity index (χ1v) is 7.37. The molecule has 1 fully saturated rings. The number of carbonyl (C=O) groups excluding carboxylic acids is 1. The molecule has 20 heavy (non-hydrogen) atoms. The predicted octanol–water partition coefficient (Wildman–Crippen LogP) is 1.71. The molecule has 1 heterocycles. The number of nitrogens with one attached hydrogen (secondary N) is 2. The number of benzene rings is 1. The Bertz CT molecular complexity index is 467. The number of quaternary nitrogens is 1. The molecule has 0 saturated carbocycles. The van der Waals surface area contributed by atoms with Gasteiger partial charge in [-0.15, -0.1) is 0 Å². The van der Waals surface area contributed by atoms with Gasteiger partial charge in [-0.1, -0.05) is 26.0 Å². The highest BCUT2D eigenvalue weighted by atomic mass is 19.1. The van der Waals surface area contributed by atoms with Crippen LogP contribution in [0.5, 0.6) is 0 Å². The van der Waals surface area contributed by atoms with Gasteiger partial charge in [0.05, 0.1) is 18.8 Å². The fraction of sp³-hybridized carbons (Fsp3) is 0.562. The van der Waals surface area contributed by atoms with Gasteiger partial charge in [0.15, 0.2) is 6.04 Å². The van der Waals surface area contributed by atoms with Gasteiger partial charge in [0.1, 0.15) is 5.82 Å². The van der Waals surface area contributed by atoms with Gasteiger partial charge in [-0.25, -0.2) is 4.39 Å². The van der Waals surface area contributed by atoms with Crippen molar-refractivity contribution in [1.29, 1.82) is 0 Å². The number of piperidine rings is 1. The first-order chi connectivity index (χ1) is 9.47. The van der Waals surface area contributed by atoms with E-state index in [1.807, 2.05) is 6.92 Å². The normalized spacial score (nSPS) is 27.9. The van der Waals surface area contributed by atoms with Crippen molar-refractivity contribution >= 4 is 11.6 Å². The maximum Gasteiger partial charge on any atom is 0.282 e. The van der Waals surface area contributed by atoms with Crippen LogP contribution >= 0.6 is 0 Å². The number of hydrogen-bond donors (Lipinski definition) is 2. The van der Waals surface area contributed by atoms with E-state index in [1.54, 1.807) is 18.2 Å². The van der Waals surface area contributed by atoms with Crippen LogP contribution in [-0.4, -0.2) is 25.0 Å². The Morgan fingerprint density at radius 3 is 2.50 bits per heavy atom. The number of anilines is 1. The molecule has 0 radical (unpaired) electrons. The quantitative estimate of drug-likeness (QED) is 0.868. The summed E-state index contributed by atoms with van der Waals surface area (Å²) >= 11 is 0. The van der Waals surface area contributed by atoms with Gasteiger partial charge >= 0.3 is 0 Å². The molecule has 1 amide bonds. The summed E-state index contributed by atoms with van der Waals surface area (Å²) in [7, 11) is 0. The number of rotatable bonds is 3. The highest BCUT2D eigenvalue weighted by Gasteiger charge is 2.32. The Labute approximate surface area is 120 Å². The van der Waals surface area contributed by atoms with Gasteiger partial charge in [0.25, 0.3) is 5.91 Å². The van der Waals surface area contributed by atoms with Crippen molar-refractivity contribution in [3.63, 3.8) is 0 Å². The second kappa shape index (κ2) is 6.35. The third-order valence-electron chi connectivity index (χ3n) is 4.16. The Hall–Kier alpha value is -1.42. The number of para-hydroxylation sites is 1. The van der Waals surface area contributed by atoms with Gasteiger partial charge in [-0.05, 0) is 25.5 Å². The molecule has 1 aliphatic rings. The van der Waals surface area contributed by atoms with Crippen LogP contribution in [0.1, 0.15) is 27.2 Å². The number of amides is 1. The second-order valence-corrected chi connectivity index (χ2v) is 6.20. The summed E-state index contributed by atoms with van der Waals surface area (Å²) in [6, 6.07) is 6.14. The maximum atomic E-state index is 13.6. The monoisotopic (exact) mass is 279 g/mol. The van der Waals surface area contributed by atoms with E-state index in [4.69, 9.17) is 0 Å². The van der Waals surface area contributed by atoms with E-state index in [0.717, 1.165) is 13.1 Å². The van der Waals surface area contributed by atoms with E-state index in [1.165, 1.54) is 17.4 Å². The van der Waals surface area contributed by atoms with Crippen LogP contribution in [0.2, 0.25) is 0 Å². The molecule has 1 aromatic carbocycles. The average Bonchev–Trinajstić information content (AvgIpc) is 2.39. The number of likely N-dealkylation sites (tertiary alicyclic amines) is 1. The highest BCUT2D eigenvalue weighted by Crippen LogP contribution is 2.14. The Balaban J connectivity index is 2.00. The summed E-state index contributed by atoms with van der Waals surface area (Å²) in [5, 5.41) is 2.70. The molecule has 1 aliphatic heterocycles. The molecule has 0 spiro atoms. The molecule has 0 aliphatic carbocycles. The van der Waals surface area contributed by atoms with Crippen molar-refractivity contribution in [2.45, 2.75) is 33.2 Å². The highest BCUT2D eigenvalue weighted by molar-refractivity contribution is 5.93. The maximum absolute atomic E-state index is 13.6. The number of hydrogen-bond acceptors (Lipinski definition) is 1. The zero-order valence-electron chi connectivity index (χ0n) is 12.4. The third-order valence-corrected chi connectivity index (χ3v) is 4.16. The van der Waals surface area contributed by atoms with Crippen LogP contribution in [0.3, 0.4) is 0 Å². The summed E-state index contributed by atoms with van der Waals surface area (Å²) in [4.78, 5) is 13.6. The van der Waals surface area contributed by atoms with E-state index in [0.29, 0.717) is 11.8 Å². The van der Waals surface area contributed by atoms with Gasteiger partial charge in [0, 0.05) is 11.8 Å². The van der Waals surface area contributed by atoms with E-state index in [2.05, 4.69) is 19.2 Å². The van der Waals surface area contributed by atoms with E-state index in [9.17, 15) is 9.18 Å². The zero-order chi connectivity index (χ0) is 14.7. The molecule has 0 unspecified atom stereocenters. The van der Waals surface area contributed by atoms with Crippen LogP contribution in [0.4, 0.5) is 10.1 Å². The molecule has 0 bridgehead atoms. The summed E-state index contributed by atoms with van der Waals surface area (Å²) in [6.45, 7) is 8.41. The summed E-state index contributed by atoms with van der Waals surface area (Å²) in [5.41, 5.74) is 0.266. The van der Waals surface area contributed by atoms with Crippen molar-refractivity contribution in [3.05, 3.63) is 30.1 Å². The molecule has 3 nitrogen and oxygen atoms in total.